The summed E-state index contributed by atoms with van der Waals surface area (Å²) in [6, 6.07) is 5.86. The number of amides is 1. The normalized spacial score (nSPS) is 21.7. The molecule has 1 amide bonds. The van der Waals surface area contributed by atoms with E-state index in [2.05, 4.69) is 10.2 Å². The van der Waals surface area contributed by atoms with Gasteiger partial charge in [-0.25, -0.2) is 4.39 Å². The molecule has 1 saturated carbocycles. The van der Waals surface area contributed by atoms with E-state index in [9.17, 15) is 9.18 Å². The SMILES string of the molecule is CN(C)[C@H](C(=O)NCC1(N2CCCCC2)CCCC1)c1ccc(F)cc1. The lowest BCUT2D eigenvalue weighted by Crippen LogP contribution is -2.56. The Morgan fingerprint density at radius 2 is 1.73 bits per heavy atom. The standard InChI is InChI=1S/C21H32FN3O/c1-24(2)19(17-8-10-18(22)11-9-17)20(26)23-16-21(12-4-5-13-21)25-14-6-3-7-15-25/h8-11,19H,3-7,12-16H2,1-2H3,(H,23,26)/t19-/m0/s1. The second kappa shape index (κ2) is 8.49. The van der Waals surface area contributed by atoms with E-state index >= 15 is 0 Å². The number of carbonyl (C=O) groups excluding carboxylic acids is 1. The Kier molecular flexibility index (Phi) is 6.30. The van der Waals surface area contributed by atoms with Crippen molar-refractivity contribution in [1.82, 2.24) is 15.1 Å². The van der Waals surface area contributed by atoms with E-state index in [1.165, 1.54) is 57.1 Å². The molecule has 26 heavy (non-hydrogen) atoms. The number of hydrogen-bond donors (Lipinski definition) is 1. The number of likely N-dealkylation sites (N-methyl/N-ethyl adjacent to an activating group) is 1. The molecule has 1 saturated heterocycles. The first-order chi connectivity index (χ1) is 12.5. The zero-order valence-electron chi connectivity index (χ0n) is 16.1. The molecule has 3 rings (SSSR count). The maximum atomic E-state index is 13.2. The molecule has 1 aromatic rings. The lowest BCUT2D eigenvalue weighted by molar-refractivity contribution is -0.126. The molecule has 1 aromatic carbocycles. The van der Waals surface area contributed by atoms with Crippen LogP contribution in [-0.4, -0.2) is 55.0 Å². The molecule has 0 unspecified atom stereocenters. The fourth-order valence-corrected chi connectivity index (χ4v) is 4.68. The van der Waals surface area contributed by atoms with E-state index in [0.717, 1.165) is 25.2 Å². The van der Waals surface area contributed by atoms with Gasteiger partial charge >= 0.3 is 0 Å². The summed E-state index contributed by atoms with van der Waals surface area (Å²) >= 11 is 0. The van der Waals surface area contributed by atoms with E-state index in [1.54, 1.807) is 12.1 Å². The minimum absolute atomic E-state index is 0.00453. The number of rotatable bonds is 6. The average molecular weight is 362 g/mol. The largest absolute Gasteiger partial charge is 0.353 e. The van der Waals surface area contributed by atoms with Crippen LogP contribution in [0.15, 0.2) is 24.3 Å². The van der Waals surface area contributed by atoms with E-state index in [4.69, 9.17) is 0 Å². The topological polar surface area (TPSA) is 35.6 Å². The Morgan fingerprint density at radius 1 is 1.12 bits per heavy atom. The van der Waals surface area contributed by atoms with Crippen molar-refractivity contribution in [3.05, 3.63) is 35.6 Å². The van der Waals surface area contributed by atoms with Crippen LogP contribution >= 0.6 is 0 Å². The summed E-state index contributed by atoms with van der Waals surface area (Å²) < 4.78 is 13.2. The van der Waals surface area contributed by atoms with E-state index in [0.29, 0.717) is 0 Å². The number of nitrogens with zero attached hydrogens (tertiary/aromatic N) is 2. The number of hydrogen-bond acceptors (Lipinski definition) is 3. The van der Waals surface area contributed by atoms with Crippen LogP contribution in [0.2, 0.25) is 0 Å². The fourth-order valence-electron chi connectivity index (χ4n) is 4.68. The van der Waals surface area contributed by atoms with Gasteiger partial charge in [0.15, 0.2) is 0 Å². The number of piperidine rings is 1. The molecule has 1 heterocycles. The number of benzene rings is 1. The molecule has 144 valence electrons. The molecule has 0 bridgehead atoms. The van der Waals surface area contributed by atoms with Crippen molar-refractivity contribution in [2.45, 2.75) is 56.5 Å². The van der Waals surface area contributed by atoms with Gasteiger partial charge in [0, 0.05) is 12.1 Å². The molecule has 1 N–H and O–H groups in total. The molecule has 4 nitrogen and oxygen atoms in total. The zero-order valence-corrected chi connectivity index (χ0v) is 16.1. The highest BCUT2D eigenvalue weighted by Crippen LogP contribution is 2.36. The van der Waals surface area contributed by atoms with E-state index in [1.807, 2.05) is 19.0 Å². The van der Waals surface area contributed by atoms with Crippen LogP contribution in [0, 0.1) is 5.82 Å². The minimum Gasteiger partial charge on any atom is -0.353 e. The molecule has 1 aliphatic heterocycles. The second-order valence-electron chi connectivity index (χ2n) is 8.11. The van der Waals surface area contributed by atoms with Crippen molar-refractivity contribution in [3.63, 3.8) is 0 Å². The summed E-state index contributed by atoms with van der Waals surface area (Å²) in [5, 5.41) is 3.24. The highest BCUT2D eigenvalue weighted by Gasteiger charge is 2.40. The number of likely N-dealkylation sites (tertiary alicyclic amines) is 1. The summed E-state index contributed by atoms with van der Waals surface area (Å²) in [7, 11) is 3.78. The van der Waals surface area contributed by atoms with E-state index in [-0.39, 0.29) is 17.3 Å². The maximum Gasteiger partial charge on any atom is 0.242 e. The molecule has 0 spiro atoms. The Hall–Kier alpha value is -1.46. The number of carbonyl (C=O) groups is 1. The van der Waals surface area contributed by atoms with Gasteiger partial charge in [-0.15, -0.1) is 0 Å². The number of halogens is 1. The smallest absolute Gasteiger partial charge is 0.242 e. The van der Waals surface area contributed by atoms with Crippen molar-refractivity contribution in [1.29, 1.82) is 0 Å². The van der Waals surface area contributed by atoms with Gasteiger partial charge in [-0.05, 0) is 70.6 Å². The summed E-state index contributed by atoms with van der Waals surface area (Å²) in [4.78, 5) is 17.5. The molecular formula is C21H32FN3O. The van der Waals surface area contributed by atoms with Gasteiger partial charge in [0.05, 0.1) is 0 Å². The minimum atomic E-state index is -0.393. The monoisotopic (exact) mass is 361 g/mol. The fraction of sp³-hybridized carbons (Fsp3) is 0.667. The first kappa shape index (κ1) is 19.3. The van der Waals surface area contributed by atoms with Crippen LogP contribution in [-0.2, 0) is 4.79 Å². The molecule has 2 aliphatic rings. The molecule has 1 atom stereocenters. The average Bonchev–Trinajstić information content (AvgIpc) is 3.13. The predicted octanol–water partition coefficient (Wildman–Crippen LogP) is 3.34. The summed E-state index contributed by atoms with van der Waals surface area (Å²) in [6.07, 6.45) is 8.72. The summed E-state index contributed by atoms with van der Waals surface area (Å²) in [5.74, 6) is -0.272. The van der Waals surface area contributed by atoms with Gasteiger partial charge < -0.3 is 5.32 Å². The van der Waals surface area contributed by atoms with E-state index < -0.39 is 6.04 Å². The first-order valence-corrected chi connectivity index (χ1v) is 9.96. The Labute approximate surface area is 156 Å². The van der Waals surface area contributed by atoms with Gasteiger partial charge in [0.25, 0.3) is 0 Å². The van der Waals surface area contributed by atoms with Gasteiger partial charge in [-0.3, -0.25) is 14.6 Å². The maximum absolute atomic E-state index is 13.2. The lowest BCUT2D eigenvalue weighted by Gasteiger charge is -2.44. The van der Waals surface area contributed by atoms with Gasteiger partial charge in [-0.1, -0.05) is 31.4 Å². The van der Waals surface area contributed by atoms with Crippen LogP contribution in [0.3, 0.4) is 0 Å². The lowest BCUT2D eigenvalue weighted by atomic mass is 9.91. The Balaban J connectivity index is 1.69. The molecule has 0 radical (unpaired) electrons. The van der Waals surface area contributed by atoms with Crippen LogP contribution in [0.5, 0.6) is 0 Å². The van der Waals surface area contributed by atoms with Crippen molar-refractivity contribution in [2.75, 3.05) is 33.7 Å². The molecule has 1 aliphatic carbocycles. The highest BCUT2D eigenvalue weighted by atomic mass is 19.1. The summed E-state index contributed by atoms with van der Waals surface area (Å²) in [5.41, 5.74) is 0.961. The highest BCUT2D eigenvalue weighted by molar-refractivity contribution is 5.83. The zero-order chi connectivity index (χ0) is 18.6. The third-order valence-electron chi connectivity index (χ3n) is 6.10. The Morgan fingerprint density at radius 3 is 2.31 bits per heavy atom. The number of nitrogens with one attached hydrogen (secondary N) is 1. The van der Waals surface area contributed by atoms with Crippen molar-refractivity contribution in [3.8, 4) is 0 Å². The van der Waals surface area contributed by atoms with Crippen LogP contribution in [0.4, 0.5) is 4.39 Å². The molecule has 0 aromatic heterocycles. The molecular weight excluding hydrogens is 329 g/mol. The van der Waals surface area contributed by atoms with Gasteiger partial charge in [0.1, 0.15) is 11.9 Å². The second-order valence-corrected chi connectivity index (χ2v) is 8.11. The molecule has 5 heteroatoms. The van der Waals surface area contributed by atoms with Crippen LogP contribution in [0.1, 0.15) is 56.6 Å². The molecule has 2 fully saturated rings. The van der Waals surface area contributed by atoms with Crippen LogP contribution in [0.25, 0.3) is 0 Å². The van der Waals surface area contributed by atoms with Gasteiger partial charge in [-0.2, -0.15) is 0 Å². The van der Waals surface area contributed by atoms with Crippen molar-refractivity contribution < 1.29 is 9.18 Å². The first-order valence-electron chi connectivity index (χ1n) is 9.96. The van der Waals surface area contributed by atoms with Gasteiger partial charge in [0.2, 0.25) is 5.91 Å². The third kappa shape index (κ3) is 4.26. The van der Waals surface area contributed by atoms with Crippen molar-refractivity contribution >= 4 is 5.91 Å². The quantitative estimate of drug-likeness (QED) is 0.844. The Bertz CT molecular complexity index is 590. The third-order valence-corrected chi connectivity index (χ3v) is 6.10. The predicted molar refractivity (Wildman–Crippen MR) is 102 cm³/mol. The van der Waals surface area contributed by atoms with Crippen LogP contribution < -0.4 is 5.32 Å². The summed E-state index contributed by atoms with van der Waals surface area (Å²) in [6.45, 7) is 3.03. The van der Waals surface area contributed by atoms with Crippen molar-refractivity contribution in [2.24, 2.45) is 0 Å².